The number of H-pyrrole nitrogens is 1. The smallest absolute Gasteiger partial charge is 0.257 e. The van der Waals surface area contributed by atoms with Gasteiger partial charge in [0.15, 0.2) is 0 Å². The third-order valence-corrected chi connectivity index (χ3v) is 3.27. The van der Waals surface area contributed by atoms with Crippen LogP contribution in [0.25, 0.3) is 10.9 Å². The summed E-state index contributed by atoms with van der Waals surface area (Å²) >= 11 is 11.7. The monoisotopic (exact) mass is 306 g/mol. The summed E-state index contributed by atoms with van der Waals surface area (Å²) in [5.74, 6) is -0.349. The predicted octanol–water partition coefficient (Wildman–Crippen LogP) is 3.52. The Kier molecular flexibility index (Phi) is 3.30. The van der Waals surface area contributed by atoms with Crippen LogP contribution in [0.5, 0.6) is 0 Å². The van der Waals surface area contributed by atoms with Crippen molar-refractivity contribution in [2.24, 2.45) is 0 Å². The molecule has 100 valence electrons. The summed E-state index contributed by atoms with van der Waals surface area (Å²) in [6.07, 6.45) is 3.05. The number of anilines is 1. The van der Waals surface area contributed by atoms with E-state index in [1.165, 1.54) is 12.3 Å². The van der Waals surface area contributed by atoms with E-state index in [2.05, 4.69) is 20.5 Å². The Labute approximate surface area is 123 Å². The number of carbonyl (C=O) groups excluding carboxylic acids is 1. The van der Waals surface area contributed by atoms with E-state index in [0.29, 0.717) is 5.69 Å². The third kappa shape index (κ3) is 2.45. The maximum absolute atomic E-state index is 12.2. The molecule has 0 fully saturated rings. The Morgan fingerprint density at radius 2 is 2.05 bits per heavy atom. The quantitative estimate of drug-likeness (QED) is 0.712. The van der Waals surface area contributed by atoms with Gasteiger partial charge in [0, 0.05) is 17.3 Å². The Morgan fingerprint density at radius 1 is 1.20 bits per heavy atom. The van der Waals surface area contributed by atoms with Crippen LogP contribution in [0.4, 0.5) is 5.69 Å². The molecule has 2 aromatic heterocycles. The van der Waals surface area contributed by atoms with Gasteiger partial charge in [-0.05, 0) is 24.3 Å². The highest BCUT2D eigenvalue weighted by atomic mass is 35.5. The molecule has 1 aromatic carbocycles. The maximum atomic E-state index is 12.2. The fourth-order valence-corrected chi connectivity index (χ4v) is 2.15. The highest BCUT2D eigenvalue weighted by molar-refractivity contribution is 6.35. The number of hydrogen-bond donors (Lipinski definition) is 2. The first-order chi connectivity index (χ1) is 9.63. The van der Waals surface area contributed by atoms with Crippen LogP contribution in [0.15, 0.2) is 36.7 Å². The second kappa shape index (κ2) is 5.11. The molecule has 0 saturated carbocycles. The van der Waals surface area contributed by atoms with E-state index in [4.69, 9.17) is 23.2 Å². The van der Waals surface area contributed by atoms with Crippen LogP contribution < -0.4 is 5.32 Å². The fourth-order valence-electron chi connectivity index (χ4n) is 1.80. The summed E-state index contributed by atoms with van der Waals surface area (Å²) < 4.78 is 0. The van der Waals surface area contributed by atoms with Crippen molar-refractivity contribution in [1.82, 2.24) is 15.2 Å². The molecular formula is C13H8Cl2N4O. The van der Waals surface area contributed by atoms with Gasteiger partial charge < -0.3 is 5.32 Å². The molecule has 0 aliphatic carbocycles. The summed E-state index contributed by atoms with van der Waals surface area (Å²) in [6, 6.07) is 6.85. The Bertz CT molecular complexity index is 800. The molecule has 0 atom stereocenters. The van der Waals surface area contributed by atoms with Gasteiger partial charge in [0.25, 0.3) is 5.91 Å². The second-order valence-electron chi connectivity index (χ2n) is 4.11. The van der Waals surface area contributed by atoms with Crippen molar-refractivity contribution < 1.29 is 4.79 Å². The molecule has 0 spiro atoms. The van der Waals surface area contributed by atoms with Crippen LogP contribution in [0.1, 0.15) is 10.4 Å². The van der Waals surface area contributed by atoms with Crippen LogP contribution in [0, 0.1) is 0 Å². The highest BCUT2D eigenvalue weighted by Crippen LogP contribution is 2.21. The molecule has 1 amide bonds. The lowest BCUT2D eigenvalue weighted by Crippen LogP contribution is -2.12. The van der Waals surface area contributed by atoms with E-state index < -0.39 is 0 Å². The van der Waals surface area contributed by atoms with Gasteiger partial charge in [-0.15, -0.1) is 0 Å². The number of carbonyl (C=O) groups is 1. The SMILES string of the molecule is O=C(Nc1ccc2cn[nH]c2c1)c1cc(Cl)ncc1Cl. The number of hydrogen-bond acceptors (Lipinski definition) is 3. The number of amides is 1. The normalized spacial score (nSPS) is 10.7. The molecule has 2 N–H and O–H groups in total. The van der Waals surface area contributed by atoms with E-state index in [9.17, 15) is 4.79 Å². The minimum absolute atomic E-state index is 0.212. The Hall–Kier alpha value is -2.11. The fraction of sp³-hybridized carbons (Fsp3) is 0. The molecule has 5 nitrogen and oxygen atoms in total. The van der Waals surface area contributed by atoms with Crippen molar-refractivity contribution >= 4 is 45.7 Å². The largest absolute Gasteiger partial charge is 0.322 e. The zero-order chi connectivity index (χ0) is 14.1. The molecule has 20 heavy (non-hydrogen) atoms. The molecule has 0 radical (unpaired) electrons. The molecule has 2 heterocycles. The first kappa shape index (κ1) is 12.9. The van der Waals surface area contributed by atoms with E-state index in [-0.39, 0.29) is 21.6 Å². The van der Waals surface area contributed by atoms with Crippen LogP contribution in [0.3, 0.4) is 0 Å². The number of aromatic amines is 1. The summed E-state index contributed by atoms with van der Waals surface area (Å²) in [5.41, 5.74) is 1.74. The first-order valence-corrected chi connectivity index (χ1v) is 6.44. The molecule has 0 aliphatic rings. The number of aromatic nitrogens is 3. The number of halogens is 2. The molecule has 0 aliphatic heterocycles. The van der Waals surface area contributed by atoms with E-state index >= 15 is 0 Å². The van der Waals surface area contributed by atoms with E-state index in [1.807, 2.05) is 6.07 Å². The van der Waals surface area contributed by atoms with Crippen LogP contribution in [-0.2, 0) is 0 Å². The average Bonchev–Trinajstić information content (AvgIpc) is 2.89. The van der Waals surface area contributed by atoms with E-state index in [0.717, 1.165) is 10.9 Å². The molecule has 0 unspecified atom stereocenters. The number of rotatable bonds is 2. The lowest BCUT2D eigenvalue weighted by atomic mass is 10.2. The van der Waals surface area contributed by atoms with Crippen molar-refractivity contribution in [3.05, 3.63) is 52.4 Å². The van der Waals surface area contributed by atoms with Crippen molar-refractivity contribution in [3.63, 3.8) is 0 Å². The topological polar surface area (TPSA) is 70.7 Å². The Morgan fingerprint density at radius 3 is 2.90 bits per heavy atom. The maximum Gasteiger partial charge on any atom is 0.257 e. The first-order valence-electron chi connectivity index (χ1n) is 5.69. The zero-order valence-corrected chi connectivity index (χ0v) is 11.5. The van der Waals surface area contributed by atoms with Gasteiger partial charge in [-0.2, -0.15) is 5.10 Å². The van der Waals surface area contributed by atoms with Gasteiger partial charge in [-0.3, -0.25) is 9.89 Å². The minimum Gasteiger partial charge on any atom is -0.322 e. The van der Waals surface area contributed by atoms with Gasteiger partial charge in [-0.1, -0.05) is 23.2 Å². The highest BCUT2D eigenvalue weighted by Gasteiger charge is 2.12. The molecule has 0 saturated heterocycles. The second-order valence-corrected chi connectivity index (χ2v) is 4.91. The van der Waals surface area contributed by atoms with Gasteiger partial charge in [0.05, 0.1) is 22.3 Å². The van der Waals surface area contributed by atoms with Crippen LogP contribution in [0.2, 0.25) is 10.2 Å². The van der Waals surface area contributed by atoms with Gasteiger partial charge in [-0.25, -0.2) is 4.98 Å². The number of nitrogens with one attached hydrogen (secondary N) is 2. The van der Waals surface area contributed by atoms with Gasteiger partial charge >= 0.3 is 0 Å². The average molecular weight is 307 g/mol. The number of fused-ring (bicyclic) bond motifs is 1. The predicted molar refractivity (Wildman–Crippen MR) is 78.3 cm³/mol. The van der Waals surface area contributed by atoms with Crippen molar-refractivity contribution in [3.8, 4) is 0 Å². The van der Waals surface area contributed by atoms with Crippen molar-refractivity contribution in [1.29, 1.82) is 0 Å². The van der Waals surface area contributed by atoms with Crippen molar-refractivity contribution in [2.75, 3.05) is 5.32 Å². The lowest BCUT2D eigenvalue weighted by molar-refractivity contribution is 0.102. The summed E-state index contributed by atoms with van der Waals surface area (Å²) in [6.45, 7) is 0. The summed E-state index contributed by atoms with van der Waals surface area (Å²) in [5, 5.41) is 10.9. The minimum atomic E-state index is -0.349. The zero-order valence-electron chi connectivity index (χ0n) is 10.0. The number of nitrogens with zero attached hydrogens (tertiary/aromatic N) is 2. The van der Waals surface area contributed by atoms with Gasteiger partial charge in [0.2, 0.25) is 0 Å². The Balaban J connectivity index is 1.89. The summed E-state index contributed by atoms with van der Waals surface area (Å²) in [7, 11) is 0. The number of benzene rings is 1. The molecule has 0 bridgehead atoms. The molecular weight excluding hydrogens is 299 g/mol. The van der Waals surface area contributed by atoms with Crippen LogP contribution in [-0.4, -0.2) is 21.1 Å². The third-order valence-electron chi connectivity index (χ3n) is 2.77. The molecule has 3 rings (SSSR count). The van der Waals surface area contributed by atoms with Crippen molar-refractivity contribution in [2.45, 2.75) is 0 Å². The lowest BCUT2D eigenvalue weighted by Gasteiger charge is -2.07. The van der Waals surface area contributed by atoms with E-state index in [1.54, 1.807) is 18.3 Å². The number of pyridine rings is 1. The van der Waals surface area contributed by atoms with Crippen LogP contribution >= 0.6 is 23.2 Å². The summed E-state index contributed by atoms with van der Waals surface area (Å²) in [4.78, 5) is 16.0. The standard InChI is InChI=1S/C13H8Cl2N4O/c14-10-6-16-12(15)4-9(10)13(20)18-8-2-1-7-5-17-19-11(7)3-8/h1-6H,(H,17,19)(H,18,20). The molecule has 7 heteroatoms. The molecule has 3 aromatic rings. The van der Waals surface area contributed by atoms with Gasteiger partial charge in [0.1, 0.15) is 5.15 Å².